The number of hydrogen-bond acceptors (Lipinski definition) is 7. The average Bonchev–Trinajstić information content (AvgIpc) is 2.79. The Kier molecular flexibility index (Phi) is 10.8. The molecule has 2 rings (SSSR count). The van der Waals surface area contributed by atoms with E-state index in [2.05, 4.69) is 31.8 Å². The lowest BCUT2D eigenvalue weighted by atomic mass is 10.1. The number of nitrogens with one attached hydrogen (secondary N) is 2. The molecule has 0 aliphatic rings. The summed E-state index contributed by atoms with van der Waals surface area (Å²) >= 11 is 3.33. The lowest BCUT2D eigenvalue weighted by Gasteiger charge is -2.17. The molecule has 0 saturated heterocycles. The zero-order valence-electron chi connectivity index (χ0n) is 18.7. The van der Waals surface area contributed by atoms with Crippen LogP contribution in [0.2, 0.25) is 0 Å². The highest BCUT2D eigenvalue weighted by atomic mass is 79.9. The minimum atomic E-state index is -1.12. The number of carboxylic acid groups (broad SMARTS) is 1. The first-order valence-electron chi connectivity index (χ1n) is 10.4. The number of benzene rings is 2. The summed E-state index contributed by atoms with van der Waals surface area (Å²) in [5.41, 5.74) is 3.82. The van der Waals surface area contributed by atoms with Gasteiger partial charge in [0.2, 0.25) is 0 Å². The van der Waals surface area contributed by atoms with Gasteiger partial charge in [-0.15, -0.1) is 0 Å². The standard InChI is InChI=1S/C23H26BrN3O7/c1-3-32-19-12-16(10-17(24)21(19)34-14-20(28)29)13-25-27-22(30)18(26-23(31)33-4-2)11-15-8-6-5-7-9-15/h5-10,12-13,18H,3-4,11,14H2,1-2H3,(H,26,31)(H,27,30)(H,28,29)/b25-13-/t18-/m0/s1. The number of carboxylic acids is 1. The number of rotatable bonds is 12. The third kappa shape index (κ3) is 8.74. The topological polar surface area (TPSA) is 136 Å². The Hall–Kier alpha value is -3.60. The minimum absolute atomic E-state index is 0.173. The number of carbonyl (C=O) groups excluding carboxylic acids is 2. The van der Waals surface area contributed by atoms with Gasteiger partial charge < -0.3 is 24.6 Å². The van der Waals surface area contributed by atoms with Crippen molar-refractivity contribution in [1.82, 2.24) is 10.7 Å². The summed E-state index contributed by atoms with van der Waals surface area (Å²) in [6.07, 6.45) is 0.928. The summed E-state index contributed by atoms with van der Waals surface area (Å²) in [6, 6.07) is 11.5. The van der Waals surface area contributed by atoms with Gasteiger partial charge in [0.1, 0.15) is 6.04 Å². The van der Waals surface area contributed by atoms with Crippen LogP contribution in [0.5, 0.6) is 11.5 Å². The molecule has 0 unspecified atom stereocenters. The largest absolute Gasteiger partial charge is 0.490 e. The molecule has 0 spiro atoms. The van der Waals surface area contributed by atoms with E-state index in [-0.39, 0.29) is 18.8 Å². The van der Waals surface area contributed by atoms with Gasteiger partial charge in [-0.25, -0.2) is 15.0 Å². The summed E-state index contributed by atoms with van der Waals surface area (Å²) in [5.74, 6) is -1.09. The lowest BCUT2D eigenvalue weighted by molar-refractivity contribution is -0.139. The summed E-state index contributed by atoms with van der Waals surface area (Å²) in [4.78, 5) is 35.4. The first-order chi connectivity index (χ1) is 16.3. The van der Waals surface area contributed by atoms with Crippen LogP contribution in [-0.2, 0) is 20.7 Å². The fraction of sp³-hybridized carbons (Fsp3) is 0.304. The number of hydrazone groups is 1. The van der Waals surface area contributed by atoms with Gasteiger partial charge in [0.25, 0.3) is 5.91 Å². The Balaban J connectivity index is 2.13. The van der Waals surface area contributed by atoms with Crippen molar-refractivity contribution in [3.63, 3.8) is 0 Å². The number of halogens is 1. The Labute approximate surface area is 205 Å². The van der Waals surface area contributed by atoms with Crippen LogP contribution in [0.25, 0.3) is 0 Å². The van der Waals surface area contributed by atoms with Crippen LogP contribution in [-0.4, -0.2) is 55.2 Å². The van der Waals surface area contributed by atoms with Crippen LogP contribution in [0.3, 0.4) is 0 Å². The first kappa shape index (κ1) is 26.7. The lowest BCUT2D eigenvalue weighted by Crippen LogP contribution is -2.47. The smallest absolute Gasteiger partial charge is 0.407 e. The number of nitrogens with zero attached hydrogens (tertiary/aromatic N) is 1. The third-order valence-electron chi connectivity index (χ3n) is 4.23. The molecule has 182 valence electrons. The first-order valence-corrected chi connectivity index (χ1v) is 11.2. The molecule has 0 aromatic heterocycles. The molecular weight excluding hydrogens is 510 g/mol. The maximum atomic E-state index is 12.7. The van der Waals surface area contributed by atoms with Crippen molar-refractivity contribution >= 4 is 40.1 Å². The molecular formula is C23H26BrN3O7. The van der Waals surface area contributed by atoms with E-state index in [1.54, 1.807) is 26.0 Å². The molecule has 34 heavy (non-hydrogen) atoms. The quantitative estimate of drug-likeness (QED) is 0.280. The highest BCUT2D eigenvalue weighted by molar-refractivity contribution is 9.10. The fourth-order valence-electron chi connectivity index (χ4n) is 2.82. The Morgan fingerprint density at radius 1 is 1.12 bits per heavy atom. The zero-order chi connectivity index (χ0) is 24.9. The Bertz CT molecular complexity index is 1020. The van der Waals surface area contributed by atoms with Crippen LogP contribution in [0.15, 0.2) is 52.0 Å². The van der Waals surface area contributed by atoms with Gasteiger partial charge in [0.05, 0.1) is 23.9 Å². The molecule has 0 heterocycles. The SMILES string of the molecule is CCOC(=O)N[C@@H](Cc1ccccc1)C(=O)N/N=C\c1cc(Br)c(OCC(=O)O)c(OCC)c1. The van der Waals surface area contributed by atoms with Gasteiger partial charge in [-0.2, -0.15) is 5.10 Å². The van der Waals surface area contributed by atoms with Gasteiger partial charge in [-0.3, -0.25) is 4.79 Å². The summed E-state index contributed by atoms with van der Waals surface area (Å²) in [5, 5.41) is 15.4. The molecule has 11 heteroatoms. The van der Waals surface area contributed by atoms with Crippen LogP contribution in [0.4, 0.5) is 4.79 Å². The normalized spacial score (nSPS) is 11.5. The average molecular weight is 536 g/mol. The number of hydrogen-bond donors (Lipinski definition) is 3. The molecule has 1 atom stereocenters. The fourth-order valence-corrected chi connectivity index (χ4v) is 3.40. The molecule has 0 saturated carbocycles. The van der Waals surface area contributed by atoms with E-state index in [1.807, 2.05) is 30.3 Å². The van der Waals surface area contributed by atoms with Gasteiger partial charge in [0.15, 0.2) is 18.1 Å². The van der Waals surface area contributed by atoms with Crippen molar-refractivity contribution in [2.24, 2.45) is 5.10 Å². The number of amides is 2. The molecule has 10 nitrogen and oxygen atoms in total. The van der Waals surface area contributed by atoms with Crippen LogP contribution >= 0.6 is 15.9 Å². The zero-order valence-corrected chi connectivity index (χ0v) is 20.3. The van der Waals surface area contributed by atoms with Crippen LogP contribution in [0, 0.1) is 0 Å². The second-order valence-corrected chi connectivity index (χ2v) is 7.64. The number of alkyl carbamates (subject to hydrolysis) is 1. The molecule has 3 N–H and O–H groups in total. The third-order valence-corrected chi connectivity index (χ3v) is 4.82. The highest BCUT2D eigenvalue weighted by Gasteiger charge is 2.21. The van der Waals surface area contributed by atoms with E-state index in [0.717, 1.165) is 5.56 Å². The van der Waals surface area contributed by atoms with E-state index in [4.69, 9.17) is 19.3 Å². The molecule has 0 aliphatic heterocycles. The molecule has 2 aromatic carbocycles. The highest BCUT2D eigenvalue weighted by Crippen LogP contribution is 2.36. The maximum absolute atomic E-state index is 12.7. The summed E-state index contributed by atoms with van der Waals surface area (Å²) in [6.45, 7) is 3.42. The molecule has 0 bridgehead atoms. The van der Waals surface area contributed by atoms with E-state index < -0.39 is 30.6 Å². The van der Waals surface area contributed by atoms with Crippen molar-refractivity contribution in [3.8, 4) is 11.5 Å². The van der Waals surface area contributed by atoms with Crippen molar-refractivity contribution in [2.75, 3.05) is 19.8 Å². The predicted molar refractivity (Wildman–Crippen MR) is 128 cm³/mol. The van der Waals surface area contributed by atoms with Crippen molar-refractivity contribution in [1.29, 1.82) is 0 Å². The molecule has 2 aromatic rings. The number of aliphatic carboxylic acids is 1. The number of carbonyl (C=O) groups is 3. The van der Waals surface area contributed by atoms with Crippen molar-refractivity contribution in [3.05, 3.63) is 58.1 Å². The monoisotopic (exact) mass is 535 g/mol. The van der Waals surface area contributed by atoms with Crippen molar-refractivity contribution in [2.45, 2.75) is 26.3 Å². The molecule has 2 amide bonds. The minimum Gasteiger partial charge on any atom is -0.490 e. The maximum Gasteiger partial charge on any atom is 0.407 e. The second kappa shape index (κ2) is 13.8. The van der Waals surface area contributed by atoms with Crippen molar-refractivity contribution < 1.29 is 33.7 Å². The molecule has 0 aliphatic carbocycles. The van der Waals surface area contributed by atoms with Gasteiger partial charge in [-0.1, -0.05) is 30.3 Å². The Morgan fingerprint density at radius 3 is 2.50 bits per heavy atom. The van der Waals surface area contributed by atoms with E-state index in [0.29, 0.717) is 22.4 Å². The van der Waals surface area contributed by atoms with E-state index >= 15 is 0 Å². The van der Waals surface area contributed by atoms with Gasteiger partial charge in [-0.05, 0) is 53.0 Å². The summed E-state index contributed by atoms with van der Waals surface area (Å²) in [7, 11) is 0. The molecule has 0 fully saturated rings. The van der Waals surface area contributed by atoms with Crippen LogP contribution < -0.4 is 20.2 Å². The summed E-state index contributed by atoms with van der Waals surface area (Å²) < 4.78 is 16.2. The van der Waals surface area contributed by atoms with Crippen LogP contribution in [0.1, 0.15) is 25.0 Å². The van der Waals surface area contributed by atoms with Gasteiger partial charge in [0, 0.05) is 6.42 Å². The second-order valence-electron chi connectivity index (χ2n) is 6.79. The Morgan fingerprint density at radius 2 is 1.85 bits per heavy atom. The van der Waals surface area contributed by atoms with E-state index in [1.165, 1.54) is 6.21 Å². The van der Waals surface area contributed by atoms with Gasteiger partial charge >= 0.3 is 12.1 Å². The van der Waals surface area contributed by atoms with E-state index in [9.17, 15) is 14.4 Å². The number of ether oxygens (including phenoxy) is 3. The predicted octanol–water partition coefficient (Wildman–Crippen LogP) is 3.12. The molecule has 0 radical (unpaired) electrons.